The molecule has 0 aliphatic carbocycles. The summed E-state index contributed by atoms with van der Waals surface area (Å²) in [6.45, 7) is 1.87. The zero-order chi connectivity index (χ0) is 14.7. The van der Waals surface area contributed by atoms with E-state index in [-0.39, 0.29) is 5.91 Å². The molecule has 0 saturated heterocycles. The molecule has 0 saturated carbocycles. The second-order valence-electron chi connectivity index (χ2n) is 4.44. The van der Waals surface area contributed by atoms with Crippen molar-refractivity contribution in [3.63, 3.8) is 0 Å². The molecular weight excluding hydrogens is 266 g/mol. The number of hydrogen-bond acceptors (Lipinski definition) is 4. The largest absolute Gasteiger partial charge is 0.319 e. The molecule has 3 rings (SSSR count). The van der Waals surface area contributed by atoms with Gasteiger partial charge in [0.1, 0.15) is 5.82 Å². The SMILES string of the molecule is Cc1nccn1-c1ncc(NC(=O)c2ccccc2)cn1. The summed E-state index contributed by atoms with van der Waals surface area (Å²) in [4.78, 5) is 24.6. The molecule has 0 aliphatic heterocycles. The summed E-state index contributed by atoms with van der Waals surface area (Å²) in [7, 11) is 0. The monoisotopic (exact) mass is 279 g/mol. The highest BCUT2D eigenvalue weighted by molar-refractivity contribution is 6.04. The molecule has 1 amide bonds. The van der Waals surface area contributed by atoms with E-state index in [1.165, 1.54) is 0 Å². The Bertz CT molecular complexity index is 749. The minimum Gasteiger partial charge on any atom is -0.319 e. The fourth-order valence-corrected chi connectivity index (χ4v) is 1.89. The molecule has 6 heteroatoms. The molecular formula is C15H13N5O. The molecule has 0 fully saturated rings. The third-order valence-corrected chi connectivity index (χ3v) is 2.97. The Labute approximate surface area is 121 Å². The minimum absolute atomic E-state index is 0.189. The maximum Gasteiger partial charge on any atom is 0.255 e. The zero-order valence-corrected chi connectivity index (χ0v) is 11.4. The van der Waals surface area contributed by atoms with Gasteiger partial charge in [-0.15, -0.1) is 0 Å². The van der Waals surface area contributed by atoms with Gasteiger partial charge >= 0.3 is 0 Å². The lowest BCUT2D eigenvalue weighted by Crippen LogP contribution is -2.12. The Morgan fingerprint density at radius 1 is 1.10 bits per heavy atom. The van der Waals surface area contributed by atoms with Crippen molar-refractivity contribution in [1.82, 2.24) is 19.5 Å². The lowest BCUT2D eigenvalue weighted by atomic mass is 10.2. The van der Waals surface area contributed by atoms with Crippen LogP contribution in [0, 0.1) is 6.92 Å². The molecule has 0 atom stereocenters. The maximum atomic E-state index is 12.0. The molecule has 0 aliphatic rings. The van der Waals surface area contributed by atoms with Gasteiger partial charge in [0.15, 0.2) is 0 Å². The van der Waals surface area contributed by atoms with Crippen LogP contribution in [0.4, 0.5) is 5.69 Å². The molecule has 2 heterocycles. The van der Waals surface area contributed by atoms with Gasteiger partial charge in [-0.3, -0.25) is 9.36 Å². The highest BCUT2D eigenvalue weighted by Gasteiger charge is 2.07. The number of nitrogens with zero attached hydrogens (tertiary/aromatic N) is 4. The van der Waals surface area contributed by atoms with Gasteiger partial charge in [0.25, 0.3) is 5.91 Å². The van der Waals surface area contributed by atoms with Gasteiger partial charge in [-0.25, -0.2) is 15.0 Å². The van der Waals surface area contributed by atoms with Crippen LogP contribution in [-0.4, -0.2) is 25.4 Å². The van der Waals surface area contributed by atoms with Crippen molar-refractivity contribution in [1.29, 1.82) is 0 Å². The van der Waals surface area contributed by atoms with Crippen LogP contribution >= 0.6 is 0 Å². The summed E-state index contributed by atoms with van der Waals surface area (Å²) < 4.78 is 1.77. The second-order valence-corrected chi connectivity index (χ2v) is 4.44. The molecule has 3 aromatic rings. The van der Waals surface area contributed by atoms with E-state index in [4.69, 9.17) is 0 Å². The van der Waals surface area contributed by atoms with E-state index in [2.05, 4.69) is 20.3 Å². The van der Waals surface area contributed by atoms with E-state index in [1.807, 2.05) is 25.1 Å². The average Bonchev–Trinajstić information content (AvgIpc) is 2.95. The van der Waals surface area contributed by atoms with Crippen LogP contribution in [0.3, 0.4) is 0 Å². The Morgan fingerprint density at radius 2 is 1.81 bits per heavy atom. The Kier molecular flexibility index (Phi) is 3.42. The summed E-state index contributed by atoms with van der Waals surface area (Å²) >= 11 is 0. The zero-order valence-electron chi connectivity index (χ0n) is 11.4. The minimum atomic E-state index is -0.189. The number of aromatic nitrogens is 4. The number of anilines is 1. The Hall–Kier alpha value is -3.02. The van der Waals surface area contributed by atoms with Crippen molar-refractivity contribution < 1.29 is 4.79 Å². The topological polar surface area (TPSA) is 72.7 Å². The first kappa shape index (κ1) is 13.0. The second kappa shape index (κ2) is 5.54. The lowest BCUT2D eigenvalue weighted by Gasteiger charge is -2.06. The number of aryl methyl sites for hydroxylation is 1. The predicted octanol–water partition coefficient (Wildman–Crippen LogP) is 2.22. The van der Waals surface area contributed by atoms with E-state index < -0.39 is 0 Å². The lowest BCUT2D eigenvalue weighted by molar-refractivity contribution is 0.102. The van der Waals surface area contributed by atoms with Crippen LogP contribution in [0.2, 0.25) is 0 Å². The van der Waals surface area contributed by atoms with Crippen LogP contribution in [0.1, 0.15) is 16.2 Å². The number of benzene rings is 1. The molecule has 6 nitrogen and oxygen atoms in total. The standard InChI is InChI=1S/C15H13N5O/c1-11-16-7-8-20(11)15-17-9-13(10-18-15)19-14(21)12-5-3-2-4-6-12/h2-10H,1H3,(H,19,21). The smallest absolute Gasteiger partial charge is 0.255 e. The van der Waals surface area contributed by atoms with Crippen molar-refractivity contribution in [2.75, 3.05) is 5.32 Å². The maximum absolute atomic E-state index is 12.0. The van der Waals surface area contributed by atoms with Gasteiger partial charge in [0.05, 0.1) is 18.1 Å². The van der Waals surface area contributed by atoms with Crippen molar-refractivity contribution in [3.05, 3.63) is 66.5 Å². The van der Waals surface area contributed by atoms with E-state index in [0.29, 0.717) is 17.2 Å². The van der Waals surface area contributed by atoms with E-state index in [9.17, 15) is 4.79 Å². The highest BCUT2D eigenvalue weighted by Crippen LogP contribution is 2.09. The molecule has 0 unspecified atom stereocenters. The quantitative estimate of drug-likeness (QED) is 0.798. The summed E-state index contributed by atoms with van der Waals surface area (Å²) in [6, 6.07) is 8.99. The van der Waals surface area contributed by atoms with Crippen molar-refractivity contribution in [2.24, 2.45) is 0 Å². The number of carbonyl (C=O) groups excluding carboxylic acids is 1. The molecule has 104 valence electrons. The average molecular weight is 279 g/mol. The molecule has 0 radical (unpaired) electrons. The van der Waals surface area contributed by atoms with Crippen LogP contribution < -0.4 is 5.32 Å². The number of hydrogen-bond donors (Lipinski definition) is 1. The van der Waals surface area contributed by atoms with E-state index >= 15 is 0 Å². The molecule has 0 bridgehead atoms. The molecule has 21 heavy (non-hydrogen) atoms. The third-order valence-electron chi connectivity index (χ3n) is 2.97. The molecule has 2 aromatic heterocycles. The number of amides is 1. The fraction of sp³-hybridized carbons (Fsp3) is 0.0667. The van der Waals surface area contributed by atoms with Gasteiger partial charge in [-0.1, -0.05) is 18.2 Å². The molecule has 1 N–H and O–H groups in total. The number of nitrogens with one attached hydrogen (secondary N) is 1. The van der Waals surface area contributed by atoms with Gasteiger partial charge in [-0.05, 0) is 19.1 Å². The molecule has 0 spiro atoms. The summed E-state index contributed by atoms with van der Waals surface area (Å²) in [5.74, 6) is 1.13. The van der Waals surface area contributed by atoms with Gasteiger partial charge < -0.3 is 5.32 Å². The van der Waals surface area contributed by atoms with Crippen molar-refractivity contribution >= 4 is 11.6 Å². The Morgan fingerprint density at radius 3 is 2.43 bits per heavy atom. The van der Waals surface area contributed by atoms with E-state index in [1.54, 1.807) is 41.5 Å². The van der Waals surface area contributed by atoms with Crippen LogP contribution in [0.15, 0.2) is 55.1 Å². The van der Waals surface area contributed by atoms with Crippen LogP contribution in [0.25, 0.3) is 5.95 Å². The van der Waals surface area contributed by atoms with Gasteiger partial charge in [0.2, 0.25) is 5.95 Å². The van der Waals surface area contributed by atoms with Gasteiger partial charge in [0, 0.05) is 18.0 Å². The van der Waals surface area contributed by atoms with Crippen molar-refractivity contribution in [2.45, 2.75) is 6.92 Å². The first-order valence-corrected chi connectivity index (χ1v) is 6.43. The first-order valence-electron chi connectivity index (χ1n) is 6.43. The number of rotatable bonds is 3. The van der Waals surface area contributed by atoms with Gasteiger partial charge in [-0.2, -0.15) is 0 Å². The third kappa shape index (κ3) is 2.79. The van der Waals surface area contributed by atoms with Crippen molar-refractivity contribution in [3.8, 4) is 5.95 Å². The van der Waals surface area contributed by atoms with E-state index in [0.717, 1.165) is 5.82 Å². The first-order chi connectivity index (χ1) is 10.2. The normalized spacial score (nSPS) is 10.3. The van der Waals surface area contributed by atoms with Crippen LogP contribution in [0.5, 0.6) is 0 Å². The summed E-state index contributed by atoms with van der Waals surface area (Å²) in [5, 5.41) is 2.76. The predicted molar refractivity (Wildman–Crippen MR) is 78.3 cm³/mol. The summed E-state index contributed by atoms with van der Waals surface area (Å²) in [6.07, 6.45) is 6.61. The molecule has 1 aromatic carbocycles. The number of carbonyl (C=O) groups is 1. The number of imidazole rings is 1. The summed E-state index contributed by atoms with van der Waals surface area (Å²) in [5.41, 5.74) is 1.14. The highest BCUT2D eigenvalue weighted by atomic mass is 16.1. The van der Waals surface area contributed by atoms with Crippen LogP contribution in [-0.2, 0) is 0 Å². The fourth-order valence-electron chi connectivity index (χ4n) is 1.89. The Balaban J connectivity index is 1.76.